The van der Waals surface area contributed by atoms with Gasteiger partial charge in [0.2, 0.25) is 0 Å². The normalized spacial score (nSPS) is 11.5. The molecule has 0 atom stereocenters. The van der Waals surface area contributed by atoms with Crippen molar-refractivity contribution < 1.29 is 8.83 Å². The number of hydrogen-bond acceptors (Lipinski definition) is 6. The summed E-state index contributed by atoms with van der Waals surface area (Å²) in [5.41, 5.74) is -3.54. The van der Waals surface area contributed by atoms with Crippen molar-refractivity contribution in [2.75, 3.05) is 0 Å². The Hall–Kier alpha value is -3.28. The molecule has 2 bridgehead atoms. The van der Waals surface area contributed by atoms with Gasteiger partial charge in [-0.15, -0.1) is 0 Å². The second-order valence-electron chi connectivity index (χ2n) is 4.84. The molecule has 0 amide bonds. The topological polar surface area (TPSA) is 94.6 Å². The molecule has 106 valence electrons. The summed E-state index contributed by atoms with van der Waals surface area (Å²) in [5, 5.41) is 0.944. The summed E-state index contributed by atoms with van der Waals surface area (Å²) in [6, 6.07) is 9.28. The highest BCUT2D eigenvalue weighted by molar-refractivity contribution is 6.11. The Labute approximate surface area is 120 Å². The van der Waals surface area contributed by atoms with Crippen LogP contribution >= 0.6 is 0 Å². The molecule has 0 radical (unpaired) electrons. The summed E-state index contributed by atoms with van der Waals surface area (Å²) >= 11 is 0. The molecule has 0 aliphatic carbocycles. The van der Waals surface area contributed by atoms with E-state index in [1.165, 1.54) is 24.3 Å². The van der Waals surface area contributed by atoms with Crippen molar-refractivity contribution >= 4 is 32.3 Å². The zero-order valence-electron chi connectivity index (χ0n) is 10.9. The Kier molecular flexibility index (Phi) is 2.33. The summed E-state index contributed by atoms with van der Waals surface area (Å²) in [6.07, 6.45) is 0. The molecule has 6 nitrogen and oxygen atoms in total. The minimum Gasteiger partial charge on any atom is -0.386 e. The smallest absolute Gasteiger partial charge is 0.347 e. The predicted molar refractivity (Wildman–Crippen MR) is 79.8 cm³/mol. The Balaban J connectivity index is 2.55. The Morgan fingerprint density at radius 2 is 1.00 bits per heavy atom. The van der Waals surface area contributed by atoms with Gasteiger partial charge >= 0.3 is 22.5 Å². The summed E-state index contributed by atoms with van der Waals surface area (Å²) in [6.45, 7) is 0. The minimum absolute atomic E-state index is 0.0110. The van der Waals surface area contributed by atoms with Gasteiger partial charge in [-0.3, -0.25) is 0 Å². The molecule has 0 spiro atoms. The molecule has 5 rings (SSSR count). The van der Waals surface area contributed by atoms with Crippen LogP contribution in [0.3, 0.4) is 0 Å². The highest BCUT2D eigenvalue weighted by atomic mass is 16.4. The molecule has 0 N–H and O–H groups in total. The van der Waals surface area contributed by atoms with E-state index in [4.69, 9.17) is 4.42 Å². The second kappa shape index (κ2) is 4.11. The zero-order valence-corrected chi connectivity index (χ0v) is 10.9. The van der Waals surface area contributed by atoms with Gasteiger partial charge in [-0.25, -0.2) is 19.2 Å². The van der Waals surface area contributed by atoms with E-state index in [1.54, 1.807) is 12.1 Å². The van der Waals surface area contributed by atoms with Crippen LogP contribution in [0.25, 0.3) is 32.3 Å². The van der Waals surface area contributed by atoms with Crippen molar-refractivity contribution in [2.45, 2.75) is 0 Å². The fraction of sp³-hybridized carbons (Fsp3) is 0. The maximum atomic E-state index is 12.3. The number of benzene rings is 2. The fourth-order valence-electron chi connectivity index (χ4n) is 2.61. The lowest BCUT2D eigenvalue weighted by molar-refractivity contribution is 0.490. The molecule has 0 aliphatic rings. The van der Waals surface area contributed by atoms with Gasteiger partial charge in [0, 0.05) is 0 Å². The molecule has 3 heterocycles. The standard InChI is InChI=1S/C16H6O6/c17-13-8-3-1-7(2-4-8)9-5-6-10-12(11(9)15(19)21-13)16(20)22-14(10)18/h1-6H. The average molecular weight is 294 g/mol. The van der Waals surface area contributed by atoms with Crippen molar-refractivity contribution in [3.05, 3.63) is 78.1 Å². The van der Waals surface area contributed by atoms with Gasteiger partial charge in [0.05, 0.1) is 21.5 Å². The molecule has 0 aliphatic heterocycles. The molecule has 0 saturated heterocycles. The van der Waals surface area contributed by atoms with E-state index >= 15 is 0 Å². The first kappa shape index (κ1) is 12.5. The first-order valence-corrected chi connectivity index (χ1v) is 6.37. The quantitative estimate of drug-likeness (QED) is 0.484. The van der Waals surface area contributed by atoms with Gasteiger partial charge in [0.25, 0.3) is 0 Å². The molecule has 0 unspecified atom stereocenters. The lowest BCUT2D eigenvalue weighted by atomic mass is 10.0. The lowest BCUT2D eigenvalue weighted by Crippen LogP contribution is -2.07. The van der Waals surface area contributed by atoms with Crippen molar-refractivity contribution in [2.24, 2.45) is 0 Å². The summed E-state index contributed by atoms with van der Waals surface area (Å²) in [5.74, 6) is 0. The molecule has 5 aromatic rings. The largest absolute Gasteiger partial charge is 0.386 e. The van der Waals surface area contributed by atoms with Crippen LogP contribution in [0.2, 0.25) is 0 Å². The molecular formula is C16H6O6. The van der Waals surface area contributed by atoms with Crippen LogP contribution in [-0.2, 0) is 0 Å². The summed E-state index contributed by atoms with van der Waals surface area (Å²) in [7, 11) is 0. The van der Waals surface area contributed by atoms with Gasteiger partial charge < -0.3 is 8.83 Å². The Morgan fingerprint density at radius 1 is 0.500 bits per heavy atom. The van der Waals surface area contributed by atoms with Crippen molar-refractivity contribution in [1.82, 2.24) is 0 Å². The van der Waals surface area contributed by atoms with Crippen LogP contribution in [0.15, 0.2) is 64.4 Å². The van der Waals surface area contributed by atoms with Crippen molar-refractivity contribution in [3.8, 4) is 0 Å². The van der Waals surface area contributed by atoms with Crippen LogP contribution in [-0.4, -0.2) is 0 Å². The molecular weight excluding hydrogens is 288 g/mol. The Bertz CT molecular complexity index is 1280. The van der Waals surface area contributed by atoms with Crippen LogP contribution in [0, 0.1) is 0 Å². The van der Waals surface area contributed by atoms with E-state index in [0.29, 0.717) is 10.8 Å². The number of fused-ring (bicyclic) bond motifs is 5. The first-order valence-electron chi connectivity index (χ1n) is 6.37. The SMILES string of the molecule is O=c1oc(=O)c2c(ccc3c(=O)oc(=O)c32)c2ccc1cc2. The lowest BCUT2D eigenvalue weighted by Gasteiger charge is -1.95. The molecule has 3 aromatic heterocycles. The average Bonchev–Trinajstić information content (AvgIpc) is 2.83. The molecule has 0 fully saturated rings. The predicted octanol–water partition coefficient (Wildman–Crippen LogP) is 1.21. The van der Waals surface area contributed by atoms with E-state index in [2.05, 4.69) is 4.42 Å². The van der Waals surface area contributed by atoms with Crippen LogP contribution in [0.1, 0.15) is 0 Å². The number of hydrogen-bond donors (Lipinski definition) is 0. The highest BCUT2D eigenvalue weighted by Crippen LogP contribution is 2.22. The second-order valence-corrected chi connectivity index (χ2v) is 4.84. The van der Waals surface area contributed by atoms with Crippen LogP contribution < -0.4 is 22.5 Å². The van der Waals surface area contributed by atoms with Gasteiger partial charge in [-0.2, -0.15) is 0 Å². The van der Waals surface area contributed by atoms with Gasteiger partial charge in [0.15, 0.2) is 0 Å². The zero-order chi connectivity index (χ0) is 15.4. The molecule has 22 heavy (non-hydrogen) atoms. The van der Waals surface area contributed by atoms with Gasteiger partial charge in [0.1, 0.15) is 0 Å². The third-order valence-electron chi connectivity index (χ3n) is 3.64. The molecule has 0 saturated carbocycles. The minimum atomic E-state index is -0.981. The third-order valence-corrected chi connectivity index (χ3v) is 3.64. The van der Waals surface area contributed by atoms with Crippen LogP contribution in [0.4, 0.5) is 0 Å². The molecule has 6 heteroatoms. The van der Waals surface area contributed by atoms with E-state index in [0.717, 1.165) is 0 Å². The van der Waals surface area contributed by atoms with Crippen molar-refractivity contribution in [1.29, 1.82) is 0 Å². The maximum Gasteiger partial charge on any atom is 0.347 e. The van der Waals surface area contributed by atoms with Crippen molar-refractivity contribution in [3.63, 3.8) is 0 Å². The monoisotopic (exact) mass is 294 g/mol. The van der Waals surface area contributed by atoms with E-state index in [1.807, 2.05) is 0 Å². The molecule has 2 aromatic carbocycles. The van der Waals surface area contributed by atoms with E-state index in [-0.39, 0.29) is 21.5 Å². The van der Waals surface area contributed by atoms with E-state index in [9.17, 15) is 19.2 Å². The van der Waals surface area contributed by atoms with Gasteiger partial charge in [-0.05, 0) is 29.0 Å². The summed E-state index contributed by atoms with van der Waals surface area (Å²) < 4.78 is 9.32. The number of rotatable bonds is 0. The van der Waals surface area contributed by atoms with Gasteiger partial charge in [-0.1, -0.05) is 18.2 Å². The maximum absolute atomic E-state index is 12.3. The summed E-state index contributed by atoms with van der Waals surface area (Å²) in [4.78, 5) is 47.7. The number of furan rings is 1. The fourth-order valence-corrected chi connectivity index (χ4v) is 2.61. The third kappa shape index (κ3) is 1.54. The van der Waals surface area contributed by atoms with Crippen LogP contribution in [0.5, 0.6) is 0 Å². The first-order chi connectivity index (χ1) is 10.6. The Morgan fingerprint density at radius 3 is 1.68 bits per heavy atom. The highest BCUT2D eigenvalue weighted by Gasteiger charge is 2.15. The van der Waals surface area contributed by atoms with E-state index < -0.39 is 22.5 Å².